The minimum atomic E-state index is 0.558. The van der Waals surface area contributed by atoms with Crippen LogP contribution >= 0.6 is 0 Å². The van der Waals surface area contributed by atoms with E-state index < -0.39 is 0 Å². The molecule has 2 nitrogen and oxygen atoms in total. The Bertz CT molecular complexity index is 307. The molecule has 0 aliphatic rings. The van der Waals surface area contributed by atoms with Crippen molar-refractivity contribution in [3.8, 4) is 5.75 Å². The van der Waals surface area contributed by atoms with E-state index in [4.69, 9.17) is 10.5 Å². The van der Waals surface area contributed by atoms with Crippen molar-refractivity contribution in [2.75, 3.05) is 6.61 Å². The summed E-state index contributed by atoms with van der Waals surface area (Å²) in [5.41, 5.74) is 6.65. The van der Waals surface area contributed by atoms with Crippen molar-refractivity contribution in [3.05, 3.63) is 42.0 Å². The van der Waals surface area contributed by atoms with Gasteiger partial charge >= 0.3 is 0 Å². The molecule has 0 aromatic heterocycles. The van der Waals surface area contributed by atoms with Crippen molar-refractivity contribution in [2.45, 2.75) is 26.3 Å². The van der Waals surface area contributed by atoms with E-state index in [1.165, 1.54) is 6.42 Å². The summed E-state index contributed by atoms with van der Waals surface area (Å²) in [5.74, 6) is 0.888. The molecule has 0 spiro atoms. The molecular weight excluding hydrogens is 186 g/mol. The first kappa shape index (κ1) is 11.8. The lowest BCUT2D eigenvalue weighted by atomic mass is 10.2. The third kappa shape index (κ3) is 4.66. The molecular formula is C13H19NO. The number of nitrogens with two attached hydrogens (primary N) is 1. The van der Waals surface area contributed by atoms with Gasteiger partial charge in [0, 0.05) is 6.54 Å². The smallest absolute Gasteiger partial charge is 0.120 e. The van der Waals surface area contributed by atoms with Crippen molar-refractivity contribution in [1.29, 1.82) is 0 Å². The van der Waals surface area contributed by atoms with E-state index in [0.29, 0.717) is 13.2 Å². The van der Waals surface area contributed by atoms with Crippen molar-refractivity contribution < 1.29 is 4.74 Å². The monoisotopic (exact) mass is 205 g/mol. The number of benzene rings is 1. The van der Waals surface area contributed by atoms with Crippen molar-refractivity contribution in [3.63, 3.8) is 0 Å². The van der Waals surface area contributed by atoms with Gasteiger partial charge in [0.25, 0.3) is 0 Å². The van der Waals surface area contributed by atoms with E-state index in [0.717, 1.165) is 17.7 Å². The molecule has 0 atom stereocenters. The average Bonchev–Trinajstić information content (AvgIpc) is 2.29. The van der Waals surface area contributed by atoms with Gasteiger partial charge in [0.05, 0.1) is 0 Å². The summed E-state index contributed by atoms with van der Waals surface area (Å²) in [6, 6.07) is 7.90. The van der Waals surface area contributed by atoms with Crippen LogP contribution in [0.15, 0.2) is 36.4 Å². The zero-order valence-corrected chi connectivity index (χ0v) is 9.28. The molecule has 82 valence electrons. The molecule has 1 rings (SSSR count). The Hall–Kier alpha value is -1.28. The summed E-state index contributed by atoms with van der Waals surface area (Å²) in [6.45, 7) is 3.35. The third-order valence-electron chi connectivity index (χ3n) is 2.10. The predicted molar refractivity (Wildman–Crippen MR) is 63.9 cm³/mol. The Morgan fingerprint density at radius 2 is 2.20 bits per heavy atom. The first-order valence-corrected chi connectivity index (χ1v) is 5.43. The van der Waals surface area contributed by atoms with E-state index in [9.17, 15) is 0 Å². The van der Waals surface area contributed by atoms with Crippen LogP contribution in [-0.2, 0) is 6.54 Å². The van der Waals surface area contributed by atoms with Crippen LogP contribution in [0, 0.1) is 0 Å². The van der Waals surface area contributed by atoms with Crippen LogP contribution in [0.1, 0.15) is 25.3 Å². The third-order valence-corrected chi connectivity index (χ3v) is 2.10. The zero-order chi connectivity index (χ0) is 10.9. The van der Waals surface area contributed by atoms with E-state index >= 15 is 0 Å². The zero-order valence-electron chi connectivity index (χ0n) is 9.28. The summed E-state index contributed by atoms with van der Waals surface area (Å²) in [6.07, 6.45) is 6.50. The molecule has 0 saturated carbocycles. The van der Waals surface area contributed by atoms with Gasteiger partial charge in [-0.1, -0.05) is 37.6 Å². The Labute approximate surface area is 91.7 Å². The summed E-state index contributed by atoms with van der Waals surface area (Å²) >= 11 is 0. The van der Waals surface area contributed by atoms with Crippen molar-refractivity contribution in [1.82, 2.24) is 0 Å². The molecule has 0 fully saturated rings. The number of allylic oxidation sites excluding steroid dienone is 1. The lowest BCUT2D eigenvalue weighted by molar-refractivity contribution is 0.362. The standard InChI is InChI=1S/C13H19NO/c1-2-3-4-5-9-15-13-8-6-7-12(10-13)11-14/h4-8,10H,2-3,9,11,14H2,1H3. The van der Waals surface area contributed by atoms with Gasteiger partial charge in [-0.05, 0) is 24.1 Å². The second-order valence-corrected chi connectivity index (χ2v) is 3.42. The average molecular weight is 205 g/mol. The topological polar surface area (TPSA) is 35.2 Å². The van der Waals surface area contributed by atoms with Crippen LogP contribution in [-0.4, -0.2) is 6.61 Å². The second-order valence-electron chi connectivity index (χ2n) is 3.42. The summed E-state index contributed by atoms with van der Waals surface area (Å²) < 4.78 is 5.55. The number of ether oxygens (including phenoxy) is 1. The SMILES string of the molecule is CCCC=CCOc1cccc(CN)c1. The maximum absolute atomic E-state index is 5.55. The van der Waals surface area contributed by atoms with Crippen LogP contribution < -0.4 is 10.5 Å². The molecule has 0 aliphatic carbocycles. The van der Waals surface area contributed by atoms with E-state index in [-0.39, 0.29) is 0 Å². The van der Waals surface area contributed by atoms with Gasteiger partial charge in [-0.15, -0.1) is 0 Å². The molecule has 0 heterocycles. The van der Waals surface area contributed by atoms with Gasteiger partial charge in [-0.3, -0.25) is 0 Å². The summed E-state index contributed by atoms with van der Waals surface area (Å²) in [5, 5.41) is 0. The fourth-order valence-electron chi connectivity index (χ4n) is 1.26. The molecule has 2 N–H and O–H groups in total. The molecule has 0 unspecified atom stereocenters. The Morgan fingerprint density at radius 1 is 1.33 bits per heavy atom. The maximum atomic E-state index is 5.55. The summed E-state index contributed by atoms with van der Waals surface area (Å²) in [4.78, 5) is 0. The highest BCUT2D eigenvalue weighted by Gasteiger charge is 1.93. The molecule has 1 aromatic rings. The highest BCUT2D eigenvalue weighted by Crippen LogP contribution is 2.12. The normalized spacial score (nSPS) is 10.8. The molecule has 0 saturated heterocycles. The number of unbranched alkanes of at least 4 members (excludes halogenated alkanes) is 1. The van der Waals surface area contributed by atoms with Gasteiger partial charge < -0.3 is 10.5 Å². The van der Waals surface area contributed by atoms with Gasteiger partial charge in [0.15, 0.2) is 0 Å². The van der Waals surface area contributed by atoms with Crippen LogP contribution in [0.4, 0.5) is 0 Å². The first-order chi connectivity index (χ1) is 7.36. The minimum Gasteiger partial charge on any atom is -0.490 e. The molecule has 2 heteroatoms. The Kier molecular flexibility index (Phi) is 5.56. The number of rotatable bonds is 6. The quantitative estimate of drug-likeness (QED) is 0.725. The second kappa shape index (κ2) is 7.07. The fraction of sp³-hybridized carbons (Fsp3) is 0.385. The molecule has 0 radical (unpaired) electrons. The summed E-state index contributed by atoms with van der Waals surface area (Å²) in [7, 11) is 0. The van der Waals surface area contributed by atoms with E-state index in [1.807, 2.05) is 24.3 Å². The Balaban J connectivity index is 2.36. The first-order valence-electron chi connectivity index (χ1n) is 5.43. The molecule has 0 aliphatic heterocycles. The van der Waals surface area contributed by atoms with Gasteiger partial charge in [0.1, 0.15) is 12.4 Å². The van der Waals surface area contributed by atoms with Crippen LogP contribution in [0.5, 0.6) is 5.75 Å². The van der Waals surface area contributed by atoms with Gasteiger partial charge in [0.2, 0.25) is 0 Å². The predicted octanol–water partition coefficient (Wildman–Crippen LogP) is 2.88. The lowest BCUT2D eigenvalue weighted by Crippen LogP contribution is -1.98. The Morgan fingerprint density at radius 3 is 2.93 bits per heavy atom. The largest absolute Gasteiger partial charge is 0.490 e. The molecule has 1 aromatic carbocycles. The van der Waals surface area contributed by atoms with Crippen molar-refractivity contribution >= 4 is 0 Å². The maximum Gasteiger partial charge on any atom is 0.120 e. The minimum absolute atomic E-state index is 0.558. The van der Waals surface area contributed by atoms with Gasteiger partial charge in [-0.2, -0.15) is 0 Å². The van der Waals surface area contributed by atoms with Crippen molar-refractivity contribution in [2.24, 2.45) is 5.73 Å². The van der Waals surface area contributed by atoms with Crippen LogP contribution in [0.25, 0.3) is 0 Å². The fourth-order valence-corrected chi connectivity index (χ4v) is 1.26. The lowest BCUT2D eigenvalue weighted by Gasteiger charge is -2.04. The molecule has 0 bridgehead atoms. The highest BCUT2D eigenvalue weighted by atomic mass is 16.5. The van der Waals surface area contributed by atoms with Gasteiger partial charge in [-0.25, -0.2) is 0 Å². The van der Waals surface area contributed by atoms with E-state index in [1.54, 1.807) is 0 Å². The number of hydrogen-bond acceptors (Lipinski definition) is 2. The molecule has 15 heavy (non-hydrogen) atoms. The van der Waals surface area contributed by atoms with E-state index in [2.05, 4.69) is 19.1 Å². The molecule has 0 amide bonds. The van der Waals surface area contributed by atoms with Crippen LogP contribution in [0.3, 0.4) is 0 Å². The number of hydrogen-bond donors (Lipinski definition) is 1. The van der Waals surface area contributed by atoms with Crippen LogP contribution in [0.2, 0.25) is 0 Å². The highest BCUT2D eigenvalue weighted by molar-refractivity contribution is 5.28.